The van der Waals surface area contributed by atoms with E-state index in [2.05, 4.69) is 6.92 Å². The van der Waals surface area contributed by atoms with E-state index >= 15 is 0 Å². The third-order valence-electron chi connectivity index (χ3n) is 2.63. The van der Waals surface area contributed by atoms with Gasteiger partial charge in [0.1, 0.15) is 5.78 Å². The smallest absolute Gasteiger partial charge is 0.336 e. The van der Waals surface area contributed by atoms with Gasteiger partial charge in [0.05, 0.1) is 0 Å². The van der Waals surface area contributed by atoms with Gasteiger partial charge in [-0.05, 0) is 19.8 Å². The number of carbonyl (C=O) groups excluding carboxylic acids is 1. The second kappa shape index (κ2) is 7.39. The highest BCUT2D eigenvalue weighted by Crippen LogP contribution is 2.20. The number of carboxylic acid groups (broad SMARTS) is 1. The van der Waals surface area contributed by atoms with Crippen molar-refractivity contribution < 1.29 is 19.8 Å². The zero-order chi connectivity index (χ0) is 12.6. The van der Waals surface area contributed by atoms with Gasteiger partial charge >= 0.3 is 5.97 Å². The van der Waals surface area contributed by atoms with Crippen molar-refractivity contribution in [3.8, 4) is 0 Å². The first kappa shape index (κ1) is 15.1. The number of carbonyl (C=O) groups is 2. The van der Waals surface area contributed by atoms with Crippen molar-refractivity contribution in [2.75, 3.05) is 0 Å². The van der Waals surface area contributed by atoms with Gasteiger partial charge in [-0.2, -0.15) is 0 Å². The molecule has 4 nitrogen and oxygen atoms in total. The van der Waals surface area contributed by atoms with Gasteiger partial charge in [-0.15, -0.1) is 0 Å². The van der Waals surface area contributed by atoms with Crippen LogP contribution < -0.4 is 0 Å². The van der Waals surface area contributed by atoms with Crippen LogP contribution in [0.5, 0.6) is 0 Å². The second-order valence-electron chi connectivity index (χ2n) is 4.38. The molecule has 0 fully saturated rings. The number of unbranched alkanes of at least 4 members (excludes halogenated alkanes) is 4. The molecule has 0 aliphatic rings. The highest BCUT2D eigenvalue weighted by molar-refractivity contribution is 5.86. The van der Waals surface area contributed by atoms with Crippen LogP contribution in [-0.2, 0) is 9.59 Å². The van der Waals surface area contributed by atoms with Crippen LogP contribution in [0, 0.1) is 0 Å². The molecule has 1 unspecified atom stereocenters. The summed E-state index contributed by atoms with van der Waals surface area (Å²) in [7, 11) is 0. The molecule has 0 aromatic heterocycles. The summed E-state index contributed by atoms with van der Waals surface area (Å²) >= 11 is 0. The predicted octanol–water partition coefficient (Wildman–Crippen LogP) is 2.14. The van der Waals surface area contributed by atoms with Crippen molar-refractivity contribution in [3.05, 3.63) is 0 Å². The molecule has 0 aliphatic carbocycles. The van der Waals surface area contributed by atoms with Crippen LogP contribution in [0.3, 0.4) is 0 Å². The first-order valence-electron chi connectivity index (χ1n) is 5.87. The standard InChI is InChI=1S/C12H22O4/c1-3-4-5-6-7-8-12(16,11(14)15)9-10(2)13/h16H,3-9H2,1-2H3,(H,14,15). The van der Waals surface area contributed by atoms with E-state index in [4.69, 9.17) is 5.11 Å². The number of carboxylic acids is 1. The number of aliphatic carboxylic acids is 1. The van der Waals surface area contributed by atoms with Gasteiger partial charge < -0.3 is 10.2 Å². The van der Waals surface area contributed by atoms with Crippen molar-refractivity contribution in [1.82, 2.24) is 0 Å². The molecule has 0 amide bonds. The molecule has 16 heavy (non-hydrogen) atoms. The van der Waals surface area contributed by atoms with Gasteiger partial charge in [0, 0.05) is 6.42 Å². The van der Waals surface area contributed by atoms with E-state index in [1.165, 1.54) is 6.92 Å². The Morgan fingerprint density at radius 2 is 1.69 bits per heavy atom. The van der Waals surface area contributed by atoms with Crippen LogP contribution in [0.1, 0.15) is 58.8 Å². The fraction of sp³-hybridized carbons (Fsp3) is 0.833. The Hall–Kier alpha value is -0.900. The van der Waals surface area contributed by atoms with Crippen LogP contribution in [0.2, 0.25) is 0 Å². The second-order valence-corrected chi connectivity index (χ2v) is 4.38. The largest absolute Gasteiger partial charge is 0.479 e. The zero-order valence-corrected chi connectivity index (χ0v) is 10.2. The molecule has 0 saturated carbocycles. The van der Waals surface area contributed by atoms with Gasteiger partial charge in [0.15, 0.2) is 5.60 Å². The van der Waals surface area contributed by atoms with Gasteiger partial charge in [0.2, 0.25) is 0 Å². The zero-order valence-electron chi connectivity index (χ0n) is 10.2. The molecule has 0 saturated heterocycles. The van der Waals surface area contributed by atoms with E-state index in [0.717, 1.165) is 25.7 Å². The van der Waals surface area contributed by atoms with E-state index in [-0.39, 0.29) is 18.6 Å². The number of hydrogen-bond acceptors (Lipinski definition) is 3. The van der Waals surface area contributed by atoms with Gasteiger partial charge in [-0.25, -0.2) is 4.79 Å². The molecule has 0 spiro atoms. The summed E-state index contributed by atoms with van der Waals surface area (Å²) in [6.45, 7) is 3.40. The van der Waals surface area contributed by atoms with Crippen LogP contribution in [0.15, 0.2) is 0 Å². The minimum Gasteiger partial charge on any atom is -0.479 e. The Balaban J connectivity index is 4.03. The monoisotopic (exact) mass is 230 g/mol. The van der Waals surface area contributed by atoms with Crippen LogP contribution in [0.25, 0.3) is 0 Å². The van der Waals surface area contributed by atoms with Crippen molar-refractivity contribution >= 4 is 11.8 Å². The molecule has 0 aromatic carbocycles. The van der Waals surface area contributed by atoms with E-state index in [1.807, 2.05) is 0 Å². The lowest BCUT2D eigenvalue weighted by atomic mass is 9.91. The lowest BCUT2D eigenvalue weighted by molar-refractivity contribution is -0.162. The summed E-state index contributed by atoms with van der Waals surface area (Å²) in [5, 5.41) is 18.7. The first-order valence-corrected chi connectivity index (χ1v) is 5.87. The van der Waals surface area contributed by atoms with Gasteiger partial charge in [-0.1, -0.05) is 32.6 Å². The molecular weight excluding hydrogens is 208 g/mol. The average molecular weight is 230 g/mol. The summed E-state index contributed by atoms with van der Waals surface area (Å²) in [4.78, 5) is 21.8. The van der Waals surface area contributed by atoms with Crippen molar-refractivity contribution in [2.24, 2.45) is 0 Å². The summed E-state index contributed by atoms with van der Waals surface area (Å²) < 4.78 is 0. The first-order chi connectivity index (χ1) is 7.42. The molecule has 0 rings (SSSR count). The van der Waals surface area contributed by atoms with Crippen LogP contribution in [0.4, 0.5) is 0 Å². The average Bonchev–Trinajstić information content (AvgIpc) is 2.16. The Kier molecular flexibility index (Phi) is 6.97. The highest BCUT2D eigenvalue weighted by Gasteiger charge is 2.36. The molecule has 4 heteroatoms. The number of rotatable bonds is 9. The van der Waals surface area contributed by atoms with Crippen LogP contribution >= 0.6 is 0 Å². The topological polar surface area (TPSA) is 74.6 Å². The van der Waals surface area contributed by atoms with E-state index < -0.39 is 11.6 Å². The van der Waals surface area contributed by atoms with Gasteiger partial charge in [-0.3, -0.25) is 4.79 Å². The van der Waals surface area contributed by atoms with Crippen molar-refractivity contribution in [3.63, 3.8) is 0 Å². The normalized spacial score (nSPS) is 14.4. The molecule has 0 heterocycles. The van der Waals surface area contributed by atoms with Crippen LogP contribution in [-0.4, -0.2) is 27.6 Å². The molecule has 0 radical (unpaired) electrons. The van der Waals surface area contributed by atoms with E-state index in [1.54, 1.807) is 0 Å². The predicted molar refractivity (Wildman–Crippen MR) is 61.3 cm³/mol. The fourth-order valence-electron chi connectivity index (χ4n) is 1.70. The summed E-state index contributed by atoms with van der Waals surface area (Å²) in [5.41, 5.74) is -1.86. The molecule has 0 aliphatic heterocycles. The van der Waals surface area contributed by atoms with Crippen molar-refractivity contribution in [2.45, 2.75) is 64.4 Å². The number of hydrogen-bond donors (Lipinski definition) is 2. The Morgan fingerprint density at radius 1 is 1.12 bits per heavy atom. The number of ketones is 1. The van der Waals surface area contributed by atoms with E-state index in [9.17, 15) is 14.7 Å². The molecule has 2 N–H and O–H groups in total. The quantitative estimate of drug-likeness (QED) is 0.595. The Bertz CT molecular complexity index is 237. The molecular formula is C12H22O4. The Labute approximate surface area is 96.7 Å². The maximum atomic E-state index is 10.9. The molecule has 0 bridgehead atoms. The summed E-state index contributed by atoms with van der Waals surface area (Å²) in [6, 6.07) is 0. The third kappa shape index (κ3) is 5.85. The van der Waals surface area contributed by atoms with Gasteiger partial charge in [0.25, 0.3) is 0 Å². The fourth-order valence-corrected chi connectivity index (χ4v) is 1.70. The highest BCUT2D eigenvalue weighted by atomic mass is 16.4. The van der Waals surface area contributed by atoms with Crippen molar-refractivity contribution in [1.29, 1.82) is 0 Å². The number of aliphatic hydroxyl groups is 1. The number of Topliss-reactive ketones (excluding diaryl/α,β-unsaturated/α-hetero) is 1. The summed E-state index contributed by atoms with van der Waals surface area (Å²) in [6.07, 6.45) is 4.71. The maximum absolute atomic E-state index is 10.9. The SMILES string of the molecule is CCCCCCCC(O)(CC(C)=O)C(=O)O. The summed E-state index contributed by atoms with van der Waals surface area (Å²) in [5.74, 6) is -1.59. The Morgan fingerprint density at radius 3 is 2.12 bits per heavy atom. The molecule has 94 valence electrons. The minimum absolute atomic E-state index is 0.158. The molecule has 0 aromatic rings. The van der Waals surface area contributed by atoms with E-state index in [0.29, 0.717) is 6.42 Å². The maximum Gasteiger partial charge on any atom is 0.336 e. The lowest BCUT2D eigenvalue weighted by Gasteiger charge is -2.21. The molecule has 1 atom stereocenters. The third-order valence-corrected chi connectivity index (χ3v) is 2.63. The lowest BCUT2D eigenvalue weighted by Crippen LogP contribution is -2.40. The minimum atomic E-state index is -1.86.